The molecule has 3 aromatic rings. The van der Waals surface area contributed by atoms with E-state index in [1.165, 1.54) is 5.56 Å². The van der Waals surface area contributed by atoms with Gasteiger partial charge in [-0.3, -0.25) is 14.3 Å². The molecular weight excluding hydrogens is 322 g/mol. The minimum atomic E-state index is 0.129. The summed E-state index contributed by atoms with van der Waals surface area (Å²) in [5.41, 5.74) is 2.33. The predicted octanol–water partition coefficient (Wildman–Crippen LogP) is 3.55. The van der Waals surface area contributed by atoms with Crippen LogP contribution in [0.25, 0.3) is 10.9 Å². The number of likely N-dealkylation sites (tertiary alicyclic amines) is 1. The Morgan fingerprint density at radius 3 is 2.65 bits per heavy atom. The van der Waals surface area contributed by atoms with Gasteiger partial charge < -0.3 is 0 Å². The van der Waals surface area contributed by atoms with E-state index < -0.39 is 0 Å². The van der Waals surface area contributed by atoms with Crippen molar-refractivity contribution in [3.8, 4) is 0 Å². The van der Waals surface area contributed by atoms with Gasteiger partial charge in [0.25, 0.3) is 5.56 Å². The highest BCUT2D eigenvalue weighted by molar-refractivity contribution is 5.77. The molecule has 4 heteroatoms. The molecule has 0 saturated carbocycles. The number of benzene rings is 2. The summed E-state index contributed by atoms with van der Waals surface area (Å²) in [6.45, 7) is 2.89. The Morgan fingerprint density at radius 2 is 1.77 bits per heavy atom. The molecule has 0 amide bonds. The Kier molecular flexibility index (Phi) is 3.86. The van der Waals surface area contributed by atoms with E-state index in [1.807, 2.05) is 28.8 Å². The summed E-state index contributed by atoms with van der Waals surface area (Å²) in [4.78, 5) is 20.5. The maximum Gasteiger partial charge on any atom is 0.261 e. The number of hydrogen-bond donors (Lipinski definition) is 0. The zero-order chi connectivity index (χ0) is 17.5. The molecule has 3 heterocycles. The van der Waals surface area contributed by atoms with Crippen LogP contribution in [-0.2, 0) is 13.1 Å². The van der Waals surface area contributed by atoms with Gasteiger partial charge in [0.15, 0.2) is 0 Å². The van der Waals surface area contributed by atoms with Gasteiger partial charge in [-0.15, -0.1) is 0 Å². The Hall–Kier alpha value is -2.46. The van der Waals surface area contributed by atoms with E-state index in [0.717, 1.165) is 55.6 Å². The number of hydrogen-bond acceptors (Lipinski definition) is 3. The lowest BCUT2D eigenvalue weighted by molar-refractivity contribution is 0.0889. The van der Waals surface area contributed by atoms with Gasteiger partial charge in [-0.25, -0.2) is 4.98 Å². The smallest absolute Gasteiger partial charge is 0.261 e. The van der Waals surface area contributed by atoms with Gasteiger partial charge in [-0.05, 0) is 43.5 Å². The number of para-hydroxylation sites is 1. The van der Waals surface area contributed by atoms with E-state index in [0.29, 0.717) is 12.0 Å². The number of nitrogens with zero attached hydrogens (tertiary/aromatic N) is 3. The largest absolute Gasteiger partial charge is 0.296 e. The van der Waals surface area contributed by atoms with Gasteiger partial charge in [0.2, 0.25) is 0 Å². The summed E-state index contributed by atoms with van der Waals surface area (Å²) >= 11 is 0. The molecule has 4 nitrogen and oxygen atoms in total. The second-order valence-corrected chi connectivity index (χ2v) is 7.50. The Bertz CT molecular complexity index is 995. The Labute approximate surface area is 153 Å². The lowest BCUT2D eigenvalue weighted by Crippen LogP contribution is -2.49. The summed E-state index contributed by atoms with van der Waals surface area (Å²) < 4.78 is 1.94. The normalized spacial score (nSPS) is 22.8. The van der Waals surface area contributed by atoms with Crippen LogP contribution in [0.2, 0.25) is 0 Å². The first-order valence-corrected chi connectivity index (χ1v) is 9.59. The lowest BCUT2D eigenvalue weighted by atomic mass is 9.83. The molecule has 2 aromatic carbocycles. The summed E-state index contributed by atoms with van der Waals surface area (Å²) in [5, 5.41) is 0.742. The fraction of sp³-hybridized carbons (Fsp3) is 0.364. The predicted molar refractivity (Wildman–Crippen MR) is 103 cm³/mol. The monoisotopic (exact) mass is 345 g/mol. The summed E-state index contributed by atoms with van der Waals surface area (Å²) in [6, 6.07) is 18.9. The second kappa shape index (κ2) is 6.36. The maximum atomic E-state index is 12.9. The van der Waals surface area contributed by atoms with E-state index in [4.69, 9.17) is 4.98 Å². The SMILES string of the molecule is O=c1c2ccccc2nc2n1CC[C@@H]1[C@@H]2CCCN1Cc1ccccc1. The van der Waals surface area contributed by atoms with Crippen LogP contribution in [0.5, 0.6) is 0 Å². The maximum absolute atomic E-state index is 12.9. The molecule has 2 atom stereocenters. The topological polar surface area (TPSA) is 38.1 Å². The molecule has 1 aromatic heterocycles. The number of fused-ring (bicyclic) bond motifs is 4. The van der Waals surface area contributed by atoms with Crippen LogP contribution in [0.3, 0.4) is 0 Å². The van der Waals surface area contributed by atoms with Gasteiger partial charge in [-0.1, -0.05) is 42.5 Å². The zero-order valence-electron chi connectivity index (χ0n) is 14.8. The van der Waals surface area contributed by atoms with Crippen LogP contribution in [0.15, 0.2) is 59.4 Å². The van der Waals surface area contributed by atoms with Crippen LogP contribution in [0, 0.1) is 0 Å². The van der Waals surface area contributed by atoms with Crippen molar-refractivity contribution in [3.05, 3.63) is 76.3 Å². The molecule has 5 rings (SSSR count). The molecule has 0 bridgehead atoms. The quantitative estimate of drug-likeness (QED) is 0.713. The third-order valence-corrected chi connectivity index (χ3v) is 5.99. The number of rotatable bonds is 2. The molecule has 2 aliphatic heterocycles. The standard InChI is InChI=1S/C22H23N3O/c26-22-17-9-4-5-11-19(17)23-21-18-10-6-13-24(20(18)12-14-25(21)22)15-16-7-2-1-3-8-16/h1-5,7-9,11,18,20H,6,10,12-15H2/t18-,20+/m0/s1. The first-order valence-electron chi connectivity index (χ1n) is 9.59. The molecule has 0 radical (unpaired) electrons. The first-order chi connectivity index (χ1) is 12.8. The highest BCUT2D eigenvalue weighted by atomic mass is 16.1. The van der Waals surface area contributed by atoms with Crippen LogP contribution in [0.4, 0.5) is 0 Å². The second-order valence-electron chi connectivity index (χ2n) is 7.50. The van der Waals surface area contributed by atoms with Gasteiger partial charge in [-0.2, -0.15) is 0 Å². The van der Waals surface area contributed by atoms with Gasteiger partial charge >= 0.3 is 0 Å². The van der Waals surface area contributed by atoms with Crippen LogP contribution < -0.4 is 5.56 Å². The molecule has 1 fully saturated rings. The third kappa shape index (κ3) is 2.56. The van der Waals surface area contributed by atoms with Crippen molar-refractivity contribution < 1.29 is 0 Å². The van der Waals surface area contributed by atoms with Crippen LogP contribution >= 0.6 is 0 Å². The van der Waals surface area contributed by atoms with Gasteiger partial charge in [0.05, 0.1) is 10.9 Å². The Balaban J connectivity index is 1.53. The number of piperidine rings is 1. The fourth-order valence-electron chi connectivity index (χ4n) is 4.77. The van der Waals surface area contributed by atoms with E-state index in [1.54, 1.807) is 0 Å². The van der Waals surface area contributed by atoms with Crippen molar-refractivity contribution in [1.82, 2.24) is 14.5 Å². The van der Waals surface area contributed by atoms with Gasteiger partial charge in [0, 0.05) is 25.0 Å². The molecular formula is C22H23N3O. The van der Waals surface area contributed by atoms with Crippen molar-refractivity contribution in [3.63, 3.8) is 0 Å². The molecule has 0 aliphatic carbocycles. The third-order valence-electron chi connectivity index (χ3n) is 5.99. The van der Waals surface area contributed by atoms with E-state index in [9.17, 15) is 4.79 Å². The van der Waals surface area contributed by atoms with Crippen molar-refractivity contribution >= 4 is 10.9 Å². The fourth-order valence-corrected chi connectivity index (χ4v) is 4.77. The molecule has 0 N–H and O–H groups in total. The van der Waals surface area contributed by atoms with Gasteiger partial charge in [0.1, 0.15) is 5.82 Å². The van der Waals surface area contributed by atoms with Crippen molar-refractivity contribution in [2.24, 2.45) is 0 Å². The molecule has 1 saturated heterocycles. The first kappa shape index (κ1) is 15.8. The lowest BCUT2D eigenvalue weighted by Gasteiger charge is -2.44. The highest BCUT2D eigenvalue weighted by Gasteiger charge is 2.38. The minimum Gasteiger partial charge on any atom is -0.296 e. The zero-order valence-corrected chi connectivity index (χ0v) is 14.8. The van der Waals surface area contributed by atoms with Crippen molar-refractivity contribution in [2.45, 2.75) is 44.3 Å². The Morgan fingerprint density at radius 1 is 0.962 bits per heavy atom. The van der Waals surface area contributed by atoms with Crippen molar-refractivity contribution in [1.29, 1.82) is 0 Å². The van der Waals surface area contributed by atoms with E-state index >= 15 is 0 Å². The van der Waals surface area contributed by atoms with E-state index in [-0.39, 0.29) is 5.56 Å². The van der Waals surface area contributed by atoms with E-state index in [2.05, 4.69) is 35.2 Å². The molecule has 0 spiro atoms. The molecule has 2 aliphatic rings. The summed E-state index contributed by atoms with van der Waals surface area (Å²) in [5.74, 6) is 1.36. The minimum absolute atomic E-state index is 0.129. The number of aromatic nitrogens is 2. The highest BCUT2D eigenvalue weighted by Crippen LogP contribution is 2.37. The molecule has 132 valence electrons. The molecule has 26 heavy (non-hydrogen) atoms. The van der Waals surface area contributed by atoms with Crippen LogP contribution in [-0.4, -0.2) is 27.0 Å². The molecule has 0 unspecified atom stereocenters. The summed E-state index contributed by atoms with van der Waals surface area (Å²) in [7, 11) is 0. The summed E-state index contributed by atoms with van der Waals surface area (Å²) in [6.07, 6.45) is 3.32. The van der Waals surface area contributed by atoms with Crippen LogP contribution in [0.1, 0.15) is 36.6 Å². The average Bonchev–Trinajstić information content (AvgIpc) is 2.69. The average molecular weight is 345 g/mol. The van der Waals surface area contributed by atoms with Crippen molar-refractivity contribution in [2.75, 3.05) is 6.54 Å².